The van der Waals surface area contributed by atoms with Gasteiger partial charge in [0.2, 0.25) is 5.75 Å². The van der Waals surface area contributed by atoms with Crippen molar-refractivity contribution in [3.05, 3.63) is 119 Å². The molecule has 0 atom stereocenters. The van der Waals surface area contributed by atoms with Crippen molar-refractivity contribution in [2.75, 3.05) is 7.11 Å². The molecule has 0 fully saturated rings. The Balaban J connectivity index is 1.66. The first-order valence-corrected chi connectivity index (χ1v) is 12.3. The van der Waals surface area contributed by atoms with E-state index >= 15 is 0 Å². The predicted octanol–water partition coefficient (Wildman–Crippen LogP) is 7.50. The zero-order valence-electron chi connectivity index (χ0n) is 21.7. The molecule has 4 aromatic carbocycles. The average Bonchev–Trinajstić information content (AvgIpc) is 2.91. The van der Waals surface area contributed by atoms with E-state index in [0.29, 0.717) is 41.8 Å². The minimum Gasteiger partial charge on any atom is -0.493 e. The molecule has 0 radical (unpaired) electrons. The Morgan fingerprint density at radius 1 is 0.730 bits per heavy atom. The molecule has 0 heterocycles. The second-order valence-corrected chi connectivity index (χ2v) is 9.14. The van der Waals surface area contributed by atoms with Crippen LogP contribution in [0.1, 0.15) is 52.4 Å². The molecule has 0 saturated carbocycles. The summed E-state index contributed by atoms with van der Waals surface area (Å²) < 4.78 is 23.8. The fraction of sp³-hybridized carbons (Fsp3) is 0.219. The molecule has 0 N–H and O–H groups in total. The van der Waals surface area contributed by atoms with E-state index in [9.17, 15) is 4.79 Å². The zero-order valence-corrected chi connectivity index (χ0v) is 21.7. The quantitative estimate of drug-likeness (QED) is 0.168. The molecule has 5 heteroatoms. The summed E-state index contributed by atoms with van der Waals surface area (Å²) >= 11 is 0. The maximum Gasteiger partial charge on any atom is 0.343 e. The molecule has 0 saturated heterocycles. The molecule has 0 amide bonds. The standard InChI is InChI=1S/C32H32O5/c1-22(2)27-16-15-23(3)17-28(27)37-32(33)26-18-29(34-4)31(36-21-25-13-9-6-10-14-25)30(19-26)35-20-24-11-7-5-8-12-24/h5-19,22H,20-21H2,1-4H3. The molecular formula is C32H32O5. The maximum absolute atomic E-state index is 13.3. The van der Waals surface area contributed by atoms with Crippen molar-refractivity contribution < 1.29 is 23.7 Å². The molecule has 0 aliphatic carbocycles. The number of carbonyl (C=O) groups is 1. The van der Waals surface area contributed by atoms with Crippen LogP contribution < -0.4 is 18.9 Å². The highest BCUT2D eigenvalue weighted by Gasteiger charge is 2.21. The summed E-state index contributed by atoms with van der Waals surface area (Å²) in [5.74, 6) is 1.48. The van der Waals surface area contributed by atoms with Crippen LogP contribution in [0.25, 0.3) is 0 Å². The predicted molar refractivity (Wildman–Crippen MR) is 145 cm³/mol. The first-order valence-electron chi connectivity index (χ1n) is 12.3. The van der Waals surface area contributed by atoms with Gasteiger partial charge in [-0.15, -0.1) is 0 Å². The Kier molecular flexibility index (Phi) is 8.47. The summed E-state index contributed by atoms with van der Waals surface area (Å²) in [6.45, 7) is 6.74. The minimum absolute atomic E-state index is 0.205. The Morgan fingerprint density at radius 3 is 1.92 bits per heavy atom. The first-order chi connectivity index (χ1) is 17.9. The van der Waals surface area contributed by atoms with Crippen molar-refractivity contribution in [3.8, 4) is 23.0 Å². The third kappa shape index (κ3) is 6.70. The van der Waals surface area contributed by atoms with Crippen LogP contribution in [-0.4, -0.2) is 13.1 Å². The van der Waals surface area contributed by atoms with E-state index in [2.05, 4.69) is 13.8 Å². The smallest absolute Gasteiger partial charge is 0.343 e. The molecule has 5 nitrogen and oxygen atoms in total. The van der Waals surface area contributed by atoms with Crippen molar-refractivity contribution in [2.24, 2.45) is 0 Å². The fourth-order valence-electron chi connectivity index (χ4n) is 3.93. The van der Waals surface area contributed by atoms with Crippen LogP contribution in [0.3, 0.4) is 0 Å². The fourth-order valence-corrected chi connectivity index (χ4v) is 3.93. The number of carbonyl (C=O) groups excluding carboxylic acids is 1. The molecule has 37 heavy (non-hydrogen) atoms. The number of benzene rings is 4. The van der Waals surface area contributed by atoms with Crippen molar-refractivity contribution in [1.29, 1.82) is 0 Å². The van der Waals surface area contributed by atoms with Crippen LogP contribution in [0.15, 0.2) is 91.0 Å². The molecule has 0 unspecified atom stereocenters. The Hall–Kier alpha value is -4.25. The number of hydrogen-bond acceptors (Lipinski definition) is 5. The summed E-state index contributed by atoms with van der Waals surface area (Å²) in [7, 11) is 1.54. The second-order valence-electron chi connectivity index (χ2n) is 9.14. The first kappa shape index (κ1) is 25.8. The third-order valence-electron chi connectivity index (χ3n) is 5.93. The highest BCUT2D eigenvalue weighted by molar-refractivity contribution is 5.93. The molecule has 0 aromatic heterocycles. The molecule has 0 spiro atoms. The Labute approximate surface area is 218 Å². The van der Waals surface area contributed by atoms with E-state index in [1.807, 2.05) is 85.8 Å². The highest BCUT2D eigenvalue weighted by Crippen LogP contribution is 2.40. The summed E-state index contributed by atoms with van der Waals surface area (Å²) in [4.78, 5) is 13.3. The minimum atomic E-state index is -0.495. The highest BCUT2D eigenvalue weighted by atomic mass is 16.5. The molecule has 4 rings (SSSR count). The summed E-state index contributed by atoms with van der Waals surface area (Å²) in [6, 6.07) is 28.8. The van der Waals surface area contributed by atoms with Gasteiger partial charge in [-0.1, -0.05) is 86.6 Å². The van der Waals surface area contributed by atoms with Gasteiger partial charge < -0.3 is 18.9 Å². The molecule has 190 valence electrons. The lowest BCUT2D eigenvalue weighted by molar-refractivity contribution is 0.0731. The van der Waals surface area contributed by atoms with Gasteiger partial charge in [-0.05, 0) is 53.3 Å². The van der Waals surface area contributed by atoms with E-state index in [0.717, 1.165) is 22.3 Å². The van der Waals surface area contributed by atoms with Crippen LogP contribution in [0.2, 0.25) is 0 Å². The van der Waals surface area contributed by atoms with Crippen LogP contribution >= 0.6 is 0 Å². The number of hydrogen-bond donors (Lipinski definition) is 0. The van der Waals surface area contributed by atoms with Gasteiger partial charge >= 0.3 is 5.97 Å². The van der Waals surface area contributed by atoms with Crippen LogP contribution in [0, 0.1) is 6.92 Å². The number of methoxy groups -OCH3 is 1. The van der Waals surface area contributed by atoms with Crippen LogP contribution in [0.4, 0.5) is 0 Å². The van der Waals surface area contributed by atoms with Gasteiger partial charge in [0.25, 0.3) is 0 Å². The van der Waals surface area contributed by atoms with Crippen LogP contribution in [0.5, 0.6) is 23.0 Å². The Morgan fingerprint density at radius 2 is 1.32 bits per heavy atom. The largest absolute Gasteiger partial charge is 0.493 e. The number of esters is 1. The van der Waals surface area contributed by atoms with E-state index in [1.54, 1.807) is 12.1 Å². The van der Waals surface area contributed by atoms with Crippen molar-refractivity contribution >= 4 is 5.97 Å². The maximum atomic E-state index is 13.3. The topological polar surface area (TPSA) is 54.0 Å². The second kappa shape index (κ2) is 12.1. The van der Waals surface area contributed by atoms with Gasteiger partial charge in [0, 0.05) is 0 Å². The van der Waals surface area contributed by atoms with Gasteiger partial charge in [0.05, 0.1) is 12.7 Å². The number of rotatable bonds is 10. The zero-order chi connectivity index (χ0) is 26.2. The monoisotopic (exact) mass is 496 g/mol. The molecule has 4 aromatic rings. The van der Waals surface area contributed by atoms with E-state index in [-0.39, 0.29) is 5.92 Å². The molecule has 0 aliphatic rings. The van der Waals surface area contributed by atoms with Gasteiger partial charge in [0.1, 0.15) is 19.0 Å². The van der Waals surface area contributed by atoms with Gasteiger partial charge in [-0.2, -0.15) is 0 Å². The van der Waals surface area contributed by atoms with E-state index in [4.69, 9.17) is 18.9 Å². The lowest BCUT2D eigenvalue weighted by Crippen LogP contribution is -2.12. The van der Waals surface area contributed by atoms with Crippen LogP contribution in [-0.2, 0) is 13.2 Å². The third-order valence-corrected chi connectivity index (χ3v) is 5.93. The van der Waals surface area contributed by atoms with Crippen molar-refractivity contribution in [1.82, 2.24) is 0 Å². The molecular weight excluding hydrogens is 464 g/mol. The van der Waals surface area contributed by atoms with Gasteiger partial charge in [-0.25, -0.2) is 4.79 Å². The number of aryl methyl sites for hydroxylation is 1. The van der Waals surface area contributed by atoms with E-state index < -0.39 is 5.97 Å². The average molecular weight is 497 g/mol. The van der Waals surface area contributed by atoms with Crippen molar-refractivity contribution in [3.63, 3.8) is 0 Å². The SMILES string of the molecule is COc1cc(C(=O)Oc2cc(C)ccc2C(C)C)cc(OCc2ccccc2)c1OCc1ccccc1. The molecule has 0 bridgehead atoms. The molecule has 0 aliphatic heterocycles. The normalized spacial score (nSPS) is 10.7. The van der Waals surface area contributed by atoms with Crippen molar-refractivity contribution in [2.45, 2.75) is 39.9 Å². The summed E-state index contributed by atoms with van der Waals surface area (Å²) in [5.41, 5.74) is 4.28. The van der Waals surface area contributed by atoms with Gasteiger partial charge in [0.15, 0.2) is 11.5 Å². The lowest BCUT2D eigenvalue weighted by atomic mass is 10.0. The van der Waals surface area contributed by atoms with Gasteiger partial charge in [-0.3, -0.25) is 0 Å². The summed E-state index contributed by atoms with van der Waals surface area (Å²) in [5, 5.41) is 0. The van der Waals surface area contributed by atoms with E-state index in [1.165, 1.54) is 7.11 Å². The Bertz CT molecular complexity index is 1330. The number of ether oxygens (including phenoxy) is 4. The lowest BCUT2D eigenvalue weighted by Gasteiger charge is -2.18. The summed E-state index contributed by atoms with van der Waals surface area (Å²) in [6.07, 6.45) is 0.